The Morgan fingerprint density at radius 2 is 1.89 bits per heavy atom. The van der Waals surface area contributed by atoms with E-state index in [1.54, 1.807) is 0 Å². The molecule has 8 heteroatoms. The molecule has 0 unspecified atom stereocenters. The second kappa shape index (κ2) is 5.43. The highest BCUT2D eigenvalue weighted by atomic mass is 31.2. The van der Waals surface area contributed by atoms with Crippen LogP contribution in [0.2, 0.25) is 0 Å². The second-order valence-electron chi connectivity index (χ2n) is 4.14. The van der Waals surface area contributed by atoms with Gasteiger partial charge in [-0.3, -0.25) is 9.36 Å². The van der Waals surface area contributed by atoms with Gasteiger partial charge in [0.15, 0.2) is 13.2 Å². The number of ketones is 1. The molecule has 106 valence electrons. The lowest BCUT2D eigenvalue weighted by Gasteiger charge is -2.13. The number of Topliss-reactive ketones (excluding diaryl/α,β-unsaturated/α-hetero) is 1. The average molecular weight is 298 g/mol. The Morgan fingerprint density at radius 1 is 1.32 bits per heavy atom. The van der Waals surface area contributed by atoms with Gasteiger partial charge < -0.3 is 4.52 Å². The fraction of sp³-hybridized carbons (Fsp3) is 0.364. The third-order valence-electron chi connectivity index (χ3n) is 2.09. The molecule has 1 aromatic rings. The third kappa shape index (κ3) is 4.76. The average Bonchev–Trinajstić information content (AvgIpc) is 2.23. The lowest BCUT2D eigenvalue weighted by atomic mass is 10.0. The number of halogens is 4. The number of rotatable bonds is 4. The van der Waals surface area contributed by atoms with Crippen LogP contribution >= 0.6 is 7.37 Å². The molecule has 0 aliphatic carbocycles. The van der Waals surface area contributed by atoms with Crippen LogP contribution in [0.5, 0.6) is 0 Å². The van der Waals surface area contributed by atoms with Gasteiger partial charge in [0, 0.05) is 18.9 Å². The van der Waals surface area contributed by atoms with Gasteiger partial charge in [-0.05, 0) is 18.2 Å². The minimum absolute atomic E-state index is 0.241. The van der Waals surface area contributed by atoms with Gasteiger partial charge >= 0.3 is 6.18 Å². The summed E-state index contributed by atoms with van der Waals surface area (Å²) < 4.78 is 66.7. The van der Waals surface area contributed by atoms with Gasteiger partial charge in [-0.1, -0.05) is 0 Å². The summed E-state index contributed by atoms with van der Waals surface area (Å²) in [5, 5.41) is 0. The van der Waals surface area contributed by atoms with E-state index in [0.29, 0.717) is 0 Å². The molecular weight excluding hydrogens is 287 g/mol. The highest BCUT2D eigenvalue weighted by Gasteiger charge is 2.35. The van der Waals surface area contributed by atoms with Crippen molar-refractivity contribution in [2.24, 2.45) is 0 Å². The van der Waals surface area contributed by atoms with Crippen LogP contribution in [0.25, 0.3) is 0 Å². The topological polar surface area (TPSA) is 43.4 Å². The molecule has 0 aromatic heterocycles. The normalized spacial score (nSPS) is 12.5. The Morgan fingerprint density at radius 3 is 2.37 bits per heavy atom. The van der Waals surface area contributed by atoms with Crippen molar-refractivity contribution in [2.75, 3.05) is 19.9 Å². The zero-order valence-electron chi connectivity index (χ0n) is 10.1. The molecule has 0 fully saturated rings. The van der Waals surface area contributed by atoms with Crippen LogP contribution in [0.3, 0.4) is 0 Å². The zero-order chi connectivity index (χ0) is 14.8. The van der Waals surface area contributed by atoms with Crippen molar-refractivity contribution in [3.63, 3.8) is 0 Å². The molecule has 0 bridgehead atoms. The van der Waals surface area contributed by atoms with E-state index in [1.807, 2.05) is 0 Å². The highest BCUT2D eigenvalue weighted by molar-refractivity contribution is 7.57. The van der Waals surface area contributed by atoms with Gasteiger partial charge in [-0.15, -0.1) is 0 Å². The third-order valence-corrected chi connectivity index (χ3v) is 2.84. The number of hydrogen-bond donors (Lipinski definition) is 0. The number of benzene rings is 1. The van der Waals surface area contributed by atoms with Gasteiger partial charge in [0.2, 0.25) is 0 Å². The molecule has 0 aliphatic rings. The Bertz CT molecular complexity index is 533. The van der Waals surface area contributed by atoms with Crippen LogP contribution in [-0.4, -0.2) is 25.7 Å². The molecular formula is C11H11F4O3P. The largest absolute Gasteiger partial charge is 0.417 e. The number of alkyl halides is 3. The van der Waals surface area contributed by atoms with Crippen LogP contribution in [0.15, 0.2) is 18.2 Å². The Balaban J connectivity index is 3.07. The summed E-state index contributed by atoms with van der Waals surface area (Å²) in [4.78, 5) is 11.6. The first-order valence-electron chi connectivity index (χ1n) is 5.10. The van der Waals surface area contributed by atoms with E-state index in [9.17, 15) is 26.9 Å². The molecule has 0 saturated carbocycles. The summed E-state index contributed by atoms with van der Waals surface area (Å²) in [6.07, 6.45) is -4.85. The van der Waals surface area contributed by atoms with Crippen molar-refractivity contribution in [1.82, 2.24) is 0 Å². The van der Waals surface area contributed by atoms with E-state index < -0.39 is 42.9 Å². The maximum Gasteiger partial charge on any atom is 0.417 e. The Hall–Kier alpha value is -1.20. The van der Waals surface area contributed by atoms with Crippen molar-refractivity contribution in [3.05, 3.63) is 35.1 Å². The molecule has 3 nitrogen and oxygen atoms in total. The van der Waals surface area contributed by atoms with Crippen molar-refractivity contribution in [3.8, 4) is 0 Å². The van der Waals surface area contributed by atoms with E-state index in [0.717, 1.165) is 12.1 Å². The van der Waals surface area contributed by atoms with E-state index in [1.165, 1.54) is 13.3 Å². The lowest BCUT2D eigenvalue weighted by Crippen LogP contribution is -2.16. The van der Waals surface area contributed by atoms with E-state index in [4.69, 9.17) is 0 Å². The minimum Gasteiger partial charge on any atom is -0.320 e. The van der Waals surface area contributed by atoms with Crippen molar-refractivity contribution >= 4 is 13.2 Å². The van der Waals surface area contributed by atoms with Gasteiger partial charge in [0.1, 0.15) is 12.4 Å². The lowest BCUT2D eigenvalue weighted by molar-refractivity contribution is -0.138. The molecule has 0 radical (unpaired) electrons. The molecule has 0 saturated heterocycles. The van der Waals surface area contributed by atoms with Gasteiger partial charge in [0.25, 0.3) is 0 Å². The minimum atomic E-state index is -4.85. The zero-order valence-corrected chi connectivity index (χ0v) is 11.0. The van der Waals surface area contributed by atoms with E-state index in [2.05, 4.69) is 4.52 Å². The maximum absolute atomic E-state index is 12.8. The summed E-state index contributed by atoms with van der Waals surface area (Å²) in [6.45, 7) is 1.71. The molecule has 0 atom stereocenters. The first-order valence-corrected chi connectivity index (χ1v) is 7.62. The van der Waals surface area contributed by atoms with Gasteiger partial charge in [-0.25, -0.2) is 4.39 Å². The molecule has 0 amide bonds. The van der Waals surface area contributed by atoms with Crippen LogP contribution in [0.4, 0.5) is 17.6 Å². The summed E-state index contributed by atoms with van der Waals surface area (Å²) in [6, 6.07) is 1.73. The molecule has 0 N–H and O–H groups in total. The summed E-state index contributed by atoms with van der Waals surface area (Å²) >= 11 is 0. The first kappa shape index (κ1) is 15.9. The first-order chi connectivity index (χ1) is 8.50. The van der Waals surface area contributed by atoms with Crippen molar-refractivity contribution in [1.29, 1.82) is 0 Å². The monoisotopic (exact) mass is 298 g/mol. The van der Waals surface area contributed by atoms with E-state index >= 15 is 0 Å². The molecule has 0 heterocycles. The fourth-order valence-corrected chi connectivity index (χ4v) is 1.71. The number of carbonyl (C=O) groups excluding carboxylic acids is 1. The van der Waals surface area contributed by atoms with Crippen LogP contribution < -0.4 is 0 Å². The van der Waals surface area contributed by atoms with Crippen LogP contribution in [-0.2, 0) is 15.3 Å². The van der Waals surface area contributed by atoms with Gasteiger partial charge in [-0.2, -0.15) is 13.2 Å². The maximum atomic E-state index is 12.8. The second-order valence-corrected chi connectivity index (χ2v) is 6.90. The molecule has 1 aromatic carbocycles. The molecule has 0 aliphatic heterocycles. The van der Waals surface area contributed by atoms with Crippen molar-refractivity contribution in [2.45, 2.75) is 6.18 Å². The predicted molar refractivity (Wildman–Crippen MR) is 61.1 cm³/mol. The highest BCUT2D eigenvalue weighted by Crippen LogP contribution is 2.38. The predicted octanol–water partition coefficient (Wildman–Crippen LogP) is 3.58. The summed E-state index contributed by atoms with van der Waals surface area (Å²) in [7, 11) is -2.98. The SMILES string of the molecule is CP(C)(=O)OCC(=O)c1ccc(F)cc1C(F)(F)F. The quantitative estimate of drug-likeness (QED) is 0.485. The van der Waals surface area contributed by atoms with Gasteiger partial charge in [0.05, 0.1) is 5.56 Å². The Labute approximate surface area is 107 Å². The number of carbonyl (C=O) groups is 1. The van der Waals surface area contributed by atoms with Crippen LogP contribution in [0.1, 0.15) is 15.9 Å². The smallest absolute Gasteiger partial charge is 0.320 e. The summed E-state index contributed by atoms with van der Waals surface area (Å²) in [5.74, 6) is -2.10. The fourth-order valence-electron chi connectivity index (χ4n) is 1.29. The standard InChI is InChI=1S/C11H11F4O3P/c1-19(2,17)18-6-10(16)8-4-3-7(12)5-9(8)11(13,14)15/h3-5H,6H2,1-2H3. The van der Waals surface area contributed by atoms with Crippen molar-refractivity contribution < 1.29 is 31.4 Å². The Kier molecular flexibility index (Phi) is 4.53. The molecule has 1 rings (SSSR count). The molecule has 19 heavy (non-hydrogen) atoms. The van der Waals surface area contributed by atoms with Crippen LogP contribution in [0, 0.1) is 5.82 Å². The van der Waals surface area contributed by atoms with E-state index in [-0.39, 0.29) is 6.07 Å². The molecule has 0 spiro atoms. The number of hydrogen-bond acceptors (Lipinski definition) is 3. The summed E-state index contributed by atoms with van der Waals surface area (Å²) in [5.41, 5.74) is -2.08.